The smallest absolute Gasteiger partial charge is 0.307 e. The molecule has 0 aliphatic rings. The number of carbonyl (C=O) groups excluding carboxylic acids is 4. The highest BCUT2D eigenvalue weighted by molar-refractivity contribution is 7.85. The monoisotopic (exact) mass is 1110 g/mol. The molecule has 0 amide bonds. The first-order chi connectivity index (χ1) is 33.0. The second-order valence-corrected chi connectivity index (χ2v) is 32.7. The molecule has 5 atom stereocenters. The summed E-state index contributed by atoms with van der Waals surface area (Å²) in [4.78, 5) is 57.6. The van der Waals surface area contributed by atoms with Crippen LogP contribution in [0.25, 0.3) is 0 Å². The fourth-order valence-electron chi connectivity index (χ4n) is 7.90. The van der Waals surface area contributed by atoms with Crippen molar-refractivity contribution >= 4 is 40.0 Å². The topological polar surface area (TPSA) is 232 Å². The van der Waals surface area contributed by atoms with Crippen LogP contribution in [0, 0.1) is 50.7 Å². The third kappa shape index (κ3) is 71.2. The van der Waals surface area contributed by atoms with Gasteiger partial charge in [-0.05, 0) is 167 Å². The summed E-state index contributed by atoms with van der Waals surface area (Å²) in [6.45, 7) is 57.6. The summed E-state index contributed by atoms with van der Waals surface area (Å²) in [7, 11) is -3.50. The number of rotatable bonds is 18. The molecule has 4 N–H and O–H groups in total. The molecule has 0 bridgehead atoms. The van der Waals surface area contributed by atoms with E-state index in [0.29, 0.717) is 43.1 Å². The summed E-state index contributed by atoms with van der Waals surface area (Å²) in [5, 5.41) is 18.3. The average molecular weight is 1110 g/mol. The van der Waals surface area contributed by atoms with Gasteiger partial charge in [-0.15, -0.1) is 0 Å². The van der Waals surface area contributed by atoms with Crippen LogP contribution in [0.1, 0.15) is 259 Å². The molecule has 0 saturated carbocycles. The standard InChI is InChI=1S/C14H28O5S.C13H24O4.C13H26O3.C13H26O2.C7H17N/c1-13(2,3)9-11(10-18-20(7,16)17)8-12(15)19-14(4,5)6;1-12(2,3)8-9(11(15)16)7-10(14)17-13(4,5)6;1-12(2,3)8-10(9-14)7-11(15)16-13(4,5)6;1-10(9-12(2,3)4)8-11(14)15-13(5,6)7;1-6(8)5-7(2,3)4/h11H,8-10H2,1-7H3;9H,7-8H2,1-6H3,(H,15,16);10,14H,7-9H2,1-6H3;10H,8-9H2,1-7H3;6H,5,8H2,1-4H3/t11-;9-;2*10-;6-/m00001/s1. The Labute approximate surface area is 466 Å². The van der Waals surface area contributed by atoms with E-state index in [9.17, 15) is 37.5 Å². The number of nitrogens with two attached hydrogens (primary N) is 1. The normalized spacial score (nSPS) is 14.8. The SMILES string of the molecule is CC(C)(C)C[C@@H](CO)CC(=O)OC(C)(C)C.CC(C)(C)C[C@@H](COS(C)(=O)=O)CC(=O)OC(C)(C)C.CC(C)(C)C[C@H](CC(=O)OC(C)(C)C)C(=O)O.C[C@@H](CC(=O)OC(C)(C)C)CC(C)(C)C.C[C@@H](N)CC(C)(C)C. The van der Waals surface area contributed by atoms with E-state index < -0.39 is 44.8 Å². The number of aliphatic carboxylic acids is 1. The molecule has 0 unspecified atom stereocenters. The molecule has 0 aromatic rings. The van der Waals surface area contributed by atoms with Crippen molar-refractivity contribution in [2.75, 3.05) is 19.5 Å². The number of aliphatic hydroxyl groups is 1. The molecule has 0 spiro atoms. The van der Waals surface area contributed by atoms with Crippen molar-refractivity contribution in [1.29, 1.82) is 0 Å². The van der Waals surface area contributed by atoms with E-state index >= 15 is 0 Å². The number of esters is 4. The van der Waals surface area contributed by atoms with E-state index in [-0.39, 0.29) is 83.1 Å². The third-order valence-corrected chi connectivity index (χ3v) is 9.76. The molecule has 0 fully saturated rings. The van der Waals surface area contributed by atoms with Crippen molar-refractivity contribution < 1.29 is 65.7 Å². The number of hydrogen-bond acceptors (Lipinski definition) is 14. The van der Waals surface area contributed by atoms with Crippen LogP contribution in [0.5, 0.6) is 0 Å². The van der Waals surface area contributed by atoms with Gasteiger partial charge in [0.2, 0.25) is 0 Å². The van der Waals surface area contributed by atoms with Gasteiger partial charge in [0.25, 0.3) is 10.1 Å². The number of aliphatic hydroxyl groups excluding tert-OH is 1. The molecule has 0 rings (SSSR count). The van der Waals surface area contributed by atoms with Gasteiger partial charge in [0.1, 0.15) is 22.4 Å². The van der Waals surface area contributed by atoms with E-state index in [1.807, 2.05) is 90.0 Å². The molecule has 0 radical (unpaired) electrons. The largest absolute Gasteiger partial charge is 0.481 e. The molecule has 0 aromatic carbocycles. The lowest BCUT2D eigenvalue weighted by Crippen LogP contribution is -2.29. The number of carboxylic acid groups (broad SMARTS) is 1. The molecule has 0 heterocycles. The lowest BCUT2D eigenvalue weighted by molar-refractivity contribution is -0.160. The zero-order chi connectivity index (χ0) is 62.1. The first-order valence-corrected chi connectivity index (χ1v) is 29.2. The van der Waals surface area contributed by atoms with Gasteiger partial charge in [0.15, 0.2) is 0 Å². The molecular weight excluding hydrogens is 991 g/mol. The van der Waals surface area contributed by atoms with Crippen LogP contribution in [0.3, 0.4) is 0 Å². The second kappa shape index (κ2) is 34.4. The molecule has 16 heteroatoms. The van der Waals surface area contributed by atoms with Gasteiger partial charge >= 0.3 is 29.8 Å². The molecule has 0 aromatic heterocycles. The van der Waals surface area contributed by atoms with E-state index in [0.717, 1.165) is 25.5 Å². The van der Waals surface area contributed by atoms with Crippen molar-refractivity contribution in [3.8, 4) is 0 Å². The summed E-state index contributed by atoms with van der Waals surface area (Å²) in [5.41, 5.74) is 4.32. The van der Waals surface area contributed by atoms with Gasteiger partial charge in [0, 0.05) is 19.1 Å². The van der Waals surface area contributed by atoms with Crippen LogP contribution in [-0.4, -0.2) is 96.4 Å². The Morgan fingerprint density at radius 3 is 0.947 bits per heavy atom. The van der Waals surface area contributed by atoms with Crippen LogP contribution in [-0.2, 0) is 57.2 Å². The Hall–Kier alpha value is -2.82. The van der Waals surface area contributed by atoms with Crippen molar-refractivity contribution in [3.05, 3.63) is 0 Å². The summed E-state index contributed by atoms with van der Waals surface area (Å²) in [6.07, 6.45) is 6.04. The number of hydrogen-bond donors (Lipinski definition) is 3. The van der Waals surface area contributed by atoms with Crippen LogP contribution >= 0.6 is 0 Å². The Kier molecular flexibility index (Phi) is 37.1. The van der Waals surface area contributed by atoms with Gasteiger partial charge in [-0.2, -0.15) is 8.42 Å². The van der Waals surface area contributed by atoms with Gasteiger partial charge < -0.3 is 34.9 Å². The number of carboxylic acids is 1. The summed E-state index contributed by atoms with van der Waals surface area (Å²) < 4.78 is 47.9. The van der Waals surface area contributed by atoms with Crippen LogP contribution in [0.15, 0.2) is 0 Å². The van der Waals surface area contributed by atoms with E-state index in [2.05, 4.69) is 69.2 Å². The van der Waals surface area contributed by atoms with Gasteiger partial charge in [-0.1, -0.05) is 111 Å². The summed E-state index contributed by atoms with van der Waals surface area (Å²) in [6, 6.07) is 0.343. The maximum atomic E-state index is 11.9. The van der Waals surface area contributed by atoms with Crippen LogP contribution < -0.4 is 5.73 Å². The first-order valence-electron chi connectivity index (χ1n) is 27.3. The minimum Gasteiger partial charge on any atom is -0.481 e. The molecular formula is C60H121NO14S. The number of carbonyl (C=O) groups is 5. The maximum Gasteiger partial charge on any atom is 0.307 e. The van der Waals surface area contributed by atoms with Crippen molar-refractivity contribution in [1.82, 2.24) is 0 Å². The minimum absolute atomic E-state index is 0.00477. The molecule has 0 aliphatic carbocycles. The highest BCUT2D eigenvalue weighted by Gasteiger charge is 2.30. The minimum atomic E-state index is -3.50. The predicted octanol–water partition coefficient (Wildman–Crippen LogP) is 13.9. The molecule has 0 saturated heterocycles. The molecule has 76 heavy (non-hydrogen) atoms. The Balaban J connectivity index is -0.000000282. The zero-order valence-electron chi connectivity index (χ0n) is 54.4. The predicted molar refractivity (Wildman–Crippen MR) is 311 cm³/mol. The fourth-order valence-corrected chi connectivity index (χ4v) is 8.34. The maximum absolute atomic E-state index is 11.9. The quantitative estimate of drug-likeness (QED) is 0.0658. The first kappa shape index (κ1) is 82.0. The molecule has 15 nitrogen and oxygen atoms in total. The van der Waals surface area contributed by atoms with E-state index in [1.165, 1.54) is 0 Å². The van der Waals surface area contributed by atoms with Crippen molar-refractivity contribution in [2.24, 2.45) is 56.5 Å². The zero-order valence-corrected chi connectivity index (χ0v) is 55.3. The Morgan fingerprint density at radius 1 is 0.434 bits per heavy atom. The van der Waals surface area contributed by atoms with Crippen molar-refractivity contribution in [2.45, 2.75) is 287 Å². The van der Waals surface area contributed by atoms with Gasteiger partial charge in [0.05, 0.1) is 38.0 Å². The van der Waals surface area contributed by atoms with E-state index in [4.69, 9.17) is 34.0 Å². The van der Waals surface area contributed by atoms with E-state index in [1.54, 1.807) is 41.5 Å². The Bertz CT molecular complexity index is 1760. The third-order valence-electron chi connectivity index (χ3n) is 9.20. The molecule has 456 valence electrons. The second-order valence-electron chi connectivity index (χ2n) is 31.0. The highest BCUT2D eigenvalue weighted by Crippen LogP contribution is 2.31. The van der Waals surface area contributed by atoms with Crippen LogP contribution in [0.2, 0.25) is 0 Å². The number of ether oxygens (including phenoxy) is 4. The summed E-state index contributed by atoms with van der Waals surface area (Å²) in [5.74, 6) is -2.50. The van der Waals surface area contributed by atoms with Gasteiger partial charge in [-0.3, -0.25) is 28.2 Å². The van der Waals surface area contributed by atoms with Crippen LogP contribution in [0.4, 0.5) is 0 Å². The molecule has 0 aliphatic heterocycles. The lowest BCUT2D eigenvalue weighted by atomic mass is 9.83. The average Bonchev–Trinajstić information content (AvgIpc) is 3.03. The van der Waals surface area contributed by atoms with Gasteiger partial charge in [-0.25, -0.2) is 0 Å². The Morgan fingerprint density at radius 2 is 0.711 bits per heavy atom. The highest BCUT2D eigenvalue weighted by atomic mass is 32.2. The lowest BCUT2D eigenvalue weighted by Gasteiger charge is -2.26. The fraction of sp³-hybridized carbons (Fsp3) is 0.917. The van der Waals surface area contributed by atoms with Crippen molar-refractivity contribution in [3.63, 3.8) is 0 Å². The summed E-state index contributed by atoms with van der Waals surface area (Å²) >= 11 is 0.